The number of rotatable bonds is 3. The lowest BCUT2D eigenvalue weighted by Crippen LogP contribution is -2.25. The van der Waals surface area contributed by atoms with Crippen molar-refractivity contribution in [3.63, 3.8) is 0 Å². The van der Waals surface area contributed by atoms with Crippen LogP contribution in [0.2, 0.25) is 0 Å². The molecular formula is C15H21N5. The van der Waals surface area contributed by atoms with Crippen LogP contribution in [-0.4, -0.2) is 26.3 Å². The highest BCUT2D eigenvalue weighted by atomic mass is 15.3. The van der Waals surface area contributed by atoms with Gasteiger partial charge in [-0.15, -0.1) is 0 Å². The molecular weight excluding hydrogens is 250 g/mol. The van der Waals surface area contributed by atoms with Gasteiger partial charge in [0.2, 0.25) is 0 Å². The van der Waals surface area contributed by atoms with E-state index in [0.717, 1.165) is 30.0 Å². The number of hydrogen-bond donors (Lipinski definition) is 1. The van der Waals surface area contributed by atoms with Gasteiger partial charge in [0.1, 0.15) is 0 Å². The summed E-state index contributed by atoms with van der Waals surface area (Å²) in [7, 11) is 1.94. The molecule has 0 radical (unpaired) electrons. The van der Waals surface area contributed by atoms with Crippen molar-refractivity contribution in [3.8, 4) is 11.4 Å². The molecule has 0 fully saturated rings. The third kappa shape index (κ3) is 2.22. The Bertz CT molecular complexity index is 617. The Labute approximate surface area is 119 Å². The fourth-order valence-corrected chi connectivity index (χ4v) is 2.85. The molecule has 5 nitrogen and oxygen atoms in total. The molecule has 0 spiro atoms. The Hall–Kier alpha value is -1.75. The van der Waals surface area contributed by atoms with Gasteiger partial charge in [-0.05, 0) is 32.7 Å². The largest absolute Gasteiger partial charge is 0.310 e. The van der Waals surface area contributed by atoms with Crippen LogP contribution in [0.5, 0.6) is 0 Å². The van der Waals surface area contributed by atoms with Crippen LogP contribution in [0, 0.1) is 6.92 Å². The van der Waals surface area contributed by atoms with Gasteiger partial charge in [0.15, 0.2) is 5.82 Å². The van der Waals surface area contributed by atoms with Crippen molar-refractivity contribution in [1.29, 1.82) is 0 Å². The highest BCUT2D eigenvalue weighted by Crippen LogP contribution is 2.29. The first-order chi connectivity index (χ1) is 9.70. The van der Waals surface area contributed by atoms with Gasteiger partial charge in [0.05, 0.1) is 11.8 Å². The van der Waals surface area contributed by atoms with E-state index < -0.39 is 0 Å². The predicted octanol–water partition coefficient (Wildman–Crippen LogP) is 2.17. The van der Waals surface area contributed by atoms with E-state index in [4.69, 9.17) is 4.98 Å². The maximum absolute atomic E-state index is 4.79. The molecule has 2 aromatic heterocycles. The van der Waals surface area contributed by atoms with Crippen molar-refractivity contribution in [3.05, 3.63) is 29.3 Å². The van der Waals surface area contributed by atoms with E-state index in [1.54, 1.807) is 0 Å². The molecule has 5 heteroatoms. The van der Waals surface area contributed by atoms with E-state index in [0.29, 0.717) is 6.04 Å². The summed E-state index contributed by atoms with van der Waals surface area (Å²) >= 11 is 0. The molecule has 1 atom stereocenters. The summed E-state index contributed by atoms with van der Waals surface area (Å²) in [6.45, 7) is 5.17. The number of aromatic nitrogens is 4. The molecule has 0 saturated carbocycles. The van der Waals surface area contributed by atoms with Crippen molar-refractivity contribution >= 4 is 0 Å². The van der Waals surface area contributed by atoms with Crippen molar-refractivity contribution in [1.82, 2.24) is 25.1 Å². The zero-order valence-corrected chi connectivity index (χ0v) is 12.3. The van der Waals surface area contributed by atoms with Gasteiger partial charge in [0, 0.05) is 36.2 Å². The fourth-order valence-electron chi connectivity index (χ4n) is 2.85. The topological polar surface area (TPSA) is 55.6 Å². The summed E-state index contributed by atoms with van der Waals surface area (Å²) in [5.41, 5.74) is 4.59. The lowest BCUT2D eigenvalue weighted by molar-refractivity contribution is 0.464. The summed E-state index contributed by atoms with van der Waals surface area (Å²) in [6, 6.07) is 0.410. The van der Waals surface area contributed by atoms with Gasteiger partial charge in [-0.2, -0.15) is 5.10 Å². The summed E-state index contributed by atoms with van der Waals surface area (Å²) in [6.07, 6.45) is 7.26. The first-order valence-corrected chi connectivity index (χ1v) is 7.29. The molecule has 0 aliphatic heterocycles. The second-order valence-electron chi connectivity index (χ2n) is 5.37. The van der Waals surface area contributed by atoms with Crippen molar-refractivity contribution in [2.45, 2.75) is 39.2 Å². The zero-order chi connectivity index (χ0) is 14.1. The Kier molecular flexibility index (Phi) is 3.53. The maximum atomic E-state index is 4.79. The van der Waals surface area contributed by atoms with Gasteiger partial charge in [-0.1, -0.05) is 6.92 Å². The van der Waals surface area contributed by atoms with Crippen LogP contribution in [0.25, 0.3) is 11.4 Å². The van der Waals surface area contributed by atoms with Gasteiger partial charge in [-0.3, -0.25) is 4.68 Å². The SMILES string of the molecule is CCNC1CCCc2nc(-c3cnn(C)c3C)ncc21. The lowest BCUT2D eigenvalue weighted by atomic mass is 9.92. The van der Waals surface area contributed by atoms with E-state index >= 15 is 0 Å². The molecule has 106 valence electrons. The Balaban J connectivity index is 1.99. The molecule has 3 rings (SSSR count). The van der Waals surface area contributed by atoms with Crippen LogP contribution in [0.1, 0.15) is 42.8 Å². The predicted molar refractivity (Wildman–Crippen MR) is 78.3 cm³/mol. The minimum absolute atomic E-state index is 0.410. The minimum Gasteiger partial charge on any atom is -0.310 e. The lowest BCUT2D eigenvalue weighted by Gasteiger charge is -2.25. The first kappa shape index (κ1) is 13.2. The maximum Gasteiger partial charge on any atom is 0.162 e. The normalized spacial score (nSPS) is 18.1. The second kappa shape index (κ2) is 5.32. The standard InChI is InChI=1S/C15H21N5/c1-4-16-13-6-5-7-14-12(13)8-17-15(19-14)11-9-18-20(3)10(11)2/h8-9,13,16H,4-7H2,1-3H3. The molecule has 0 amide bonds. The van der Waals surface area contributed by atoms with Crippen molar-refractivity contribution < 1.29 is 0 Å². The van der Waals surface area contributed by atoms with Crippen LogP contribution in [0.15, 0.2) is 12.4 Å². The Morgan fingerprint density at radius 1 is 1.40 bits per heavy atom. The fraction of sp³-hybridized carbons (Fsp3) is 0.533. The van der Waals surface area contributed by atoms with Crippen molar-refractivity contribution in [2.75, 3.05) is 6.54 Å². The van der Waals surface area contributed by atoms with Crippen LogP contribution < -0.4 is 5.32 Å². The number of hydrogen-bond acceptors (Lipinski definition) is 4. The van der Waals surface area contributed by atoms with Gasteiger partial charge in [0.25, 0.3) is 0 Å². The monoisotopic (exact) mass is 271 g/mol. The Morgan fingerprint density at radius 3 is 2.95 bits per heavy atom. The summed E-state index contributed by atoms with van der Waals surface area (Å²) in [5.74, 6) is 0.798. The average Bonchev–Trinajstić information content (AvgIpc) is 2.79. The Morgan fingerprint density at radius 2 is 2.25 bits per heavy atom. The van der Waals surface area contributed by atoms with E-state index in [2.05, 4.69) is 22.3 Å². The molecule has 0 saturated heterocycles. The smallest absolute Gasteiger partial charge is 0.162 e. The molecule has 2 aromatic rings. The molecule has 0 aromatic carbocycles. The van der Waals surface area contributed by atoms with Crippen molar-refractivity contribution in [2.24, 2.45) is 7.05 Å². The third-order valence-corrected chi connectivity index (χ3v) is 4.11. The van der Waals surface area contributed by atoms with E-state index in [1.807, 2.05) is 31.0 Å². The van der Waals surface area contributed by atoms with Crippen LogP contribution in [0.3, 0.4) is 0 Å². The number of aryl methyl sites for hydroxylation is 2. The summed E-state index contributed by atoms with van der Waals surface area (Å²) in [4.78, 5) is 9.35. The summed E-state index contributed by atoms with van der Waals surface area (Å²) in [5, 5.41) is 7.79. The number of nitrogens with zero attached hydrogens (tertiary/aromatic N) is 4. The second-order valence-corrected chi connectivity index (χ2v) is 5.37. The highest BCUT2D eigenvalue weighted by Gasteiger charge is 2.22. The zero-order valence-electron chi connectivity index (χ0n) is 12.3. The molecule has 1 aliphatic carbocycles. The molecule has 2 heterocycles. The molecule has 0 bridgehead atoms. The minimum atomic E-state index is 0.410. The number of nitrogens with one attached hydrogen (secondary N) is 1. The van der Waals surface area contributed by atoms with E-state index in [-0.39, 0.29) is 0 Å². The average molecular weight is 271 g/mol. The van der Waals surface area contributed by atoms with Crippen LogP contribution in [0.4, 0.5) is 0 Å². The number of fused-ring (bicyclic) bond motifs is 1. The summed E-state index contributed by atoms with van der Waals surface area (Å²) < 4.78 is 1.86. The highest BCUT2D eigenvalue weighted by molar-refractivity contribution is 5.57. The van der Waals surface area contributed by atoms with Crippen LogP contribution >= 0.6 is 0 Å². The molecule has 20 heavy (non-hydrogen) atoms. The van der Waals surface area contributed by atoms with Crippen LogP contribution in [-0.2, 0) is 13.5 Å². The van der Waals surface area contributed by atoms with E-state index in [9.17, 15) is 0 Å². The first-order valence-electron chi connectivity index (χ1n) is 7.29. The van der Waals surface area contributed by atoms with E-state index in [1.165, 1.54) is 24.1 Å². The van der Waals surface area contributed by atoms with Gasteiger partial charge < -0.3 is 5.32 Å². The third-order valence-electron chi connectivity index (χ3n) is 4.11. The van der Waals surface area contributed by atoms with Gasteiger partial charge in [-0.25, -0.2) is 9.97 Å². The molecule has 1 N–H and O–H groups in total. The molecule has 1 unspecified atom stereocenters. The van der Waals surface area contributed by atoms with Gasteiger partial charge >= 0.3 is 0 Å². The molecule has 1 aliphatic rings. The quantitative estimate of drug-likeness (QED) is 0.929.